The van der Waals surface area contributed by atoms with Gasteiger partial charge in [0.1, 0.15) is 0 Å². The molecule has 0 saturated carbocycles. The molecule has 1 heterocycles. The highest BCUT2D eigenvalue weighted by molar-refractivity contribution is 5.81. The van der Waals surface area contributed by atoms with Gasteiger partial charge in [-0.1, -0.05) is 19.8 Å². The van der Waals surface area contributed by atoms with Crippen molar-refractivity contribution in [1.82, 2.24) is 10.6 Å². The molecule has 1 aliphatic heterocycles. The van der Waals surface area contributed by atoms with Gasteiger partial charge in [-0.25, -0.2) is 0 Å². The molecule has 2 amide bonds. The average Bonchev–Trinajstić information content (AvgIpc) is 2.74. The number of hydrogen-bond acceptors (Lipinski definition) is 3. The zero-order valence-electron chi connectivity index (χ0n) is 11.1. The lowest BCUT2D eigenvalue weighted by Crippen LogP contribution is -2.39. The smallest absolute Gasteiger partial charge is 0.223 e. The molecule has 0 aliphatic carbocycles. The second-order valence-electron chi connectivity index (χ2n) is 4.92. The van der Waals surface area contributed by atoms with E-state index in [1.165, 1.54) is 0 Å². The number of amides is 2. The topological polar surface area (TPSA) is 78.4 Å². The van der Waals surface area contributed by atoms with Crippen LogP contribution in [0.2, 0.25) is 0 Å². The lowest BCUT2D eigenvalue weighted by atomic mass is 9.98. The van der Waals surface area contributed by atoms with E-state index in [9.17, 15) is 14.7 Å². The van der Waals surface area contributed by atoms with Crippen LogP contribution in [0.1, 0.15) is 45.4 Å². The van der Waals surface area contributed by atoms with Crippen molar-refractivity contribution in [1.29, 1.82) is 0 Å². The van der Waals surface area contributed by atoms with E-state index in [0.29, 0.717) is 19.4 Å². The maximum absolute atomic E-state index is 11.6. The fourth-order valence-electron chi connectivity index (χ4n) is 2.23. The largest absolute Gasteiger partial charge is 0.394 e. The standard InChI is InChI=1S/C13H24N2O3/c1-2-3-4-5-12(17)15-11(9-16)8-10-6-7-14-13(10)18/h10-11,16H,2-9H2,1H3,(H,14,18)(H,15,17)/t10-,11-/m0/s1. The predicted octanol–water partition coefficient (Wildman–Crippen LogP) is 0.570. The fourth-order valence-corrected chi connectivity index (χ4v) is 2.23. The van der Waals surface area contributed by atoms with Gasteiger partial charge in [-0.2, -0.15) is 0 Å². The van der Waals surface area contributed by atoms with Gasteiger partial charge < -0.3 is 15.7 Å². The molecule has 0 bridgehead atoms. The monoisotopic (exact) mass is 256 g/mol. The maximum Gasteiger partial charge on any atom is 0.223 e. The fraction of sp³-hybridized carbons (Fsp3) is 0.846. The molecule has 0 aromatic heterocycles. The summed E-state index contributed by atoms with van der Waals surface area (Å²) >= 11 is 0. The lowest BCUT2D eigenvalue weighted by molar-refractivity contribution is -0.125. The molecule has 0 spiro atoms. The third-order valence-corrected chi connectivity index (χ3v) is 3.32. The molecule has 0 unspecified atom stereocenters. The number of rotatable bonds is 8. The minimum Gasteiger partial charge on any atom is -0.394 e. The molecule has 0 aromatic rings. The third-order valence-electron chi connectivity index (χ3n) is 3.32. The van der Waals surface area contributed by atoms with Gasteiger partial charge in [0.05, 0.1) is 12.6 Å². The van der Waals surface area contributed by atoms with Gasteiger partial charge in [-0.3, -0.25) is 9.59 Å². The summed E-state index contributed by atoms with van der Waals surface area (Å²) in [6, 6.07) is -0.298. The maximum atomic E-state index is 11.6. The normalized spacial score (nSPS) is 20.6. The number of nitrogens with one attached hydrogen (secondary N) is 2. The molecule has 2 atom stereocenters. The van der Waals surface area contributed by atoms with Gasteiger partial charge in [0.2, 0.25) is 11.8 Å². The van der Waals surface area contributed by atoms with Crippen LogP contribution in [-0.2, 0) is 9.59 Å². The summed E-state index contributed by atoms with van der Waals surface area (Å²) in [5.74, 6) is -0.0623. The van der Waals surface area contributed by atoms with Crippen LogP contribution >= 0.6 is 0 Å². The molecule has 5 nitrogen and oxygen atoms in total. The van der Waals surface area contributed by atoms with E-state index in [4.69, 9.17) is 0 Å². The number of carbonyl (C=O) groups excluding carboxylic acids is 2. The van der Waals surface area contributed by atoms with Crippen molar-refractivity contribution in [2.24, 2.45) is 5.92 Å². The first-order valence-electron chi connectivity index (χ1n) is 6.85. The van der Waals surface area contributed by atoms with Gasteiger partial charge in [0.25, 0.3) is 0 Å². The van der Waals surface area contributed by atoms with Gasteiger partial charge in [-0.15, -0.1) is 0 Å². The summed E-state index contributed by atoms with van der Waals surface area (Å²) < 4.78 is 0. The Labute approximate surface area is 108 Å². The Morgan fingerprint density at radius 2 is 2.33 bits per heavy atom. The highest BCUT2D eigenvalue weighted by atomic mass is 16.3. The zero-order valence-corrected chi connectivity index (χ0v) is 11.1. The molecule has 1 aliphatic rings. The molecule has 1 rings (SSSR count). The molecule has 3 N–H and O–H groups in total. The molecule has 0 radical (unpaired) electrons. The van der Waals surface area contributed by atoms with E-state index in [1.54, 1.807) is 0 Å². The Balaban J connectivity index is 2.27. The van der Waals surface area contributed by atoms with Crippen molar-refractivity contribution in [3.05, 3.63) is 0 Å². The van der Waals surface area contributed by atoms with E-state index in [2.05, 4.69) is 17.6 Å². The molecule has 1 saturated heterocycles. The minimum absolute atomic E-state index is 0.0269. The van der Waals surface area contributed by atoms with Crippen LogP contribution in [0, 0.1) is 5.92 Å². The summed E-state index contributed by atoms with van der Waals surface area (Å²) in [5.41, 5.74) is 0. The summed E-state index contributed by atoms with van der Waals surface area (Å²) in [5, 5.41) is 14.8. The van der Waals surface area contributed by atoms with Crippen molar-refractivity contribution in [3.8, 4) is 0 Å². The van der Waals surface area contributed by atoms with Crippen LogP contribution in [0.25, 0.3) is 0 Å². The number of carbonyl (C=O) groups is 2. The van der Waals surface area contributed by atoms with Gasteiger partial charge >= 0.3 is 0 Å². The molecule has 18 heavy (non-hydrogen) atoms. The Morgan fingerprint density at radius 3 is 2.89 bits per heavy atom. The van der Waals surface area contributed by atoms with E-state index in [-0.39, 0.29) is 30.4 Å². The first-order valence-corrected chi connectivity index (χ1v) is 6.85. The SMILES string of the molecule is CCCCCC(=O)N[C@H](CO)C[C@@H]1CCNC1=O. The van der Waals surface area contributed by atoms with E-state index in [1.807, 2.05) is 0 Å². The average molecular weight is 256 g/mol. The summed E-state index contributed by atoms with van der Waals surface area (Å²) in [6.07, 6.45) is 4.83. The number of aliphatic hydroxyl groups is 1. The van der Waals surface area contributed by atoms with Crippen molar-refractivity contribution in [3.63, 3.8) is 0 Å². The Bertz CT molecular complexity index is 281. The van der Waals surface area contributed by atoms with E-state index >= 15 is 0 Å². The minimum atomic E-state index is -0.298. The summed E-state index contributed by atoms with van der Waals surface area (Å²) in [6.45, 7) is 2.68. The summed E-state index contributed by atoms with van der Waals surface area (Å²) in [4.78, 5) is 23.0. The molecule has 104 valence electrons. The van der Waals surface area contributed by atoms with E-state index < -0.39 is 0 Å². The predicted molar refractivity (Wildman–Crippen MR) is 68.9 cm³/mol. The number of aliphatic hydroxyl groups excluding tert-OH is 1. The molecular weight excluding hydrogens is 232 g/mol. The highest BCUT2D eigenvalue weighted by Gasteiger charge is 2.27. The Kier molecular flexibility index (Phi) is 6.72. The van der Waals surface area contributed by atoms with Crippen LogP contribution in [0.4, 0.5) is 0 Å². The third kappa shape index (κ3) is 5.04. The number of unbranched alkanes of at least 4 members (excludes halogenated alkanes) is 2. The van der Waals surface area contributed by atoms with Crippen LogP contribution in [0.5, 0.6) is 0 Å². The molecular formula is C13H24N2O3. The first kappa shape index (κ1) is 15.0. The molecule has 1 fully saturated rings. The Hall–Kier alpha value is -1.10. The second-order valence-corrected chi connectivity index (χ2v) is 4.92. The highest BCUT2D eigenvalue weighted by Crippen LogP contribution is 2.16. The van der Waals surface area contributed by atoms with Crippen molar-refractivity contribution >= 4 is 11.8 Å². The second kappa shape index (κ2) is 8.08. The Morgan fingerprint density at radius 1 is 1.56 bits per heavy atom. The van der Waals surface area contributed by atoms with E-state index in [0.717, 1.165) is 25.7 Å². The van der Waals surface area contributed by atoms with Crippen LogP contribution in [-0.4, -0.2) is 36.1 Å². The first-order chi connectivity index (χ1) is 8.67. The lowest BCUT2D eigenvalue weighted by Gasteiger charge is -2.18. The molecule has 5 heteroatoms. The van der Waals surface area contributed by atoms with Gasteiger partial charge in [-0.05, 0) is 19.3 Å². The van der Waals surface area contributed by atoms with Crippen LogP contribution < -0.4 is 10.6 Å². The molecule has 0 aromatic carbocycles. The zero-order chi connectivity index (χ0) is 13.4. The van der Waals surface area contributed by atoms with Crippen molar-refractivity contribution in [2.45, 2.75) is 51.5 Å². The van der Waals surface area contributed by atoms with Gasteiger partial charge in [0.15, 0.2) is 0 Å². The number of hydrogen-bond donors (Lipinski definition) is 3. The van der Waals surface area contributed by atoms with Crippen LogP contribution in [0.15, 0.2) is 0 Å². The van der Waals surface area contributed by atoms with Gasteiger partial charge in [0, 0.05) is 18.9 Å². The summed E-state index contributed by atoms with van der Waals surface area (Å²) in [7, 11) is 0. The quantitative estimate of drug-likeness (QED) is 0.556. The van der Waals surface area contributed by atoms with Crippen LogP contribution in [0.3, 0.4) is 0 Å². The van der Waals surface area contributed by atoms with Crippen molar-refractivity contribution < 1.29 is 14.7 Å². The van der Waals surface area contributed by atoms with Crippen molar-refractivity contribution in [2.75, 3.05) is 13.2 Å².